The molecule has 7 nitrogen and oxygen atoms in total. The molecule has 0 saturated heterocycles. The summed E-state index contributed by atoms with van der Waals surface area (Å²) >= 11 is 7.63. The lowest BCUT2D eigenvalue weighted by molar-refractivity contribution is 0.888. The van der Waals surface area contributed by atoms with Crippen molar-refractivity contribution in [1.82, 2.24) is 29.5 Å². The Bertz CT molecular complexity index is 1340. The molecule has 0 saturated carbocycles. The molecule has 0 amide bonds. The zero-order valence-corrected chi connectivity index (χ0v) is 17.3. The summed E-state index contributed by atoms with van der Waals surface area (Å²) in [6, 6.07) is 9.79. The fourth-order valence-electron chi connectivity index (χ4n) is 3.43. The van der Waals surface area contributed by atoms with Crippen LogP contribution in [-0.4, -0.2) is 29.5 Å². The molecule has 29 heavy (non-hydrogen) atoms. The van der Waals surface area contributed by atoms with Crippen molar-refractivity contribution in [2.75, 3.05) is 5.32 Å². The number of anilines is 1. The van der Waals surface area contributed by atoms with Crippen molar-refractivity contribution in [2.24, 2.45) is 0 Å². The number of nitrogens with zero attached hydrogens (tertiary/aromatic N) is 6. The molecule has 4 aromatic heterocycles. The van der Waals surface area contributed by atoms with Gasteiger partial charge in [0.15, 0.2) is 5.82 Å². The third-order valence-electron chi connectivity index (χ3n) is 4.70. The van der Waals surface area contributed by atoms with Gasteiger partial charge in [-0.15, -0.1) is 21.5 Å². The van der Waals surface area contributed by atoms with Crippen LogP contribution in [0.3, 0.4) is 0 Å². The lowest BCUT2D eigenvalue weighted by atomic mass is 10.1. The van der Waals surface area contributed by atoms with Crippen LogP contribution in [0.1, 0.15) is 17.2 Å². The molecule has 5 aromatic rings. The predicted molar refractivity (Wildman–Crippen MR) is 115 cm³/mol. The van der Waals surface area contributed by atoms with Crippen molar-refractivity contribution < 1.29 is 0 Å². The summed E-state index contributed by atoms with van der Waals surface area (Å²) in [7, 11) is 0. The van der Waals surface area contributed by atoms with Gasteiger partial charge in [0.2, 0.25) is 0 Å². The average molecular weight is 422 g/mol. The van der Waals surface area contributed by atoms with Gasteiger partial charge in [0.1, 0.15) is 17.0 Å². The number of aromatic nitrogens is 6. The molecule has 0 fully saturated rings. The van der Waals surface area contributed by atoms with Crippen LogP contribution in [0.15, 0.2) is 42.0 Å². The summed E-state index contributed by atoms with van der Waals surface area (Å²) in [6.45, 7) is 4.44. The molecular formula is C20H16ClN7S. The summed E-state index contributed by atoms with van der Waals surface area (Å²) in [4.78, 5) is 14.3. The molecule has 4 heterocycles. The van der Waals surface area contributed by atoms with Crippen LogP contribution in [0.4, 0.5) is 5.82 Å². The third-order valence-corrected chi connectivity index (χ3v) is 5.84. The van der Waals surface area contributed by atoms with Crippen LogP contribution >= 0.6 is 22.9 Å². The fraction of sp³-hybridized carbons (Fsp3) is 0.150. The van der Waals surface area contributed by atoms with Crippen LogP contribution in [0.5, 0.6) is 0 Å². The number of hydrogen-bond acceptors (Lipinski definition) is 7. The van der Waals surface area contributed by atoms with E-state index in [9.17, 15) is 0 Å². The van der Waals surface area contributed by atoms with Gasteiger partial charge >= 0.3 is 0 Å². The molecule has 0 spiro atoms. The molecular weight excluding hydrogens is 406 g/mol. The Balaban J connectivity index is 1.53. The van der Waals surface area contributed by atoms with E-state index in [1.807, 2.05) is 48.6 Å². The number of thiophene rings is 1. The van der Waals surface area contributed by atoms with Crippen molar-refractivity contribution in [3.05, 3.63) is 64.3 Å². The van der Waals surface area contributed by atoms with Crippen LogP contribution in [-0.2, 0) is 6.54 Å². The number of halogens is 1. The highest BCUT2D eigenvalue weighted by Gasteiger charge is 2.15. The van der Waals surface area contributed by atoms with Crippen molar-refractivity contribution >= 4 is 44.7 Å². The summed E-state index contributed by atoms with van der Waals surface area (Å²) in [6.07, 6.45) is 1.57. The molecule has 5 rings (SSSR count). The van der Waals surface area contributed by atoms with Crippen molar-refractivity contribution in [1.29, 1.82) is 0 Å². The van der Waals surface area contributed by atoms with Crippen LogP contribution < -0.4 is 5.32 Å². The lowest BCUT2D eigenvalue weighted by Crippen LogP contribution is -2.08. The molecule has 1 N–H and O–H groups in total. The quantitative estimate of drug-likeness (QED) is 0.453. The molecule has 144 valence electrons. The smallest absolute Gasteiger partial charge is 0.255 e. The number of fused-ring (bicyclic) bond motifs is 2. The first-order valence-corrected chi connectivity index (χ1v) is 10.3. The molecule has 1 aromatic carbocycles. The fourth-order valence-corrected chi connectivity index (χ4v) is 4.47. The Morgan fingerprint density at radius 1 is 1.10 bits per heavy atom. The summed E-state index contributed by atoms with van der Waals surface area (Å²) < 4.78 is 1.95. The van der Waals surface area contributed by atoms with Gasteiger partial charge in [0.25, 0.3) is 5.78 Å². The molecule has 0 aliphatic heterocycles. The normalized spacial score (nSPS) is 11.4. The average Bonchev–Trinajstić information content (AvgIpc) is 3.31. The number of rotatable bonds is 4. The van der Waals surface area contributed by atoms with E-state index in [-0.39, 0.29) is 0 Å². The summed E-state index contributed by atoms with van der Waals surface area (Å²) in [5.74, 6) is 2.14. The van der Waals surface area contributed by atoms with Crippen molar-refractivity contribution in [2.45, 2.75) is 20.4 Å². The molecule has 0 atom stereocenters. The zero-order chi connectivity index (χ0) is 20.0. The summed E-state index contributed by atoms with van der Waals surface area (Å²) in [5.41, 5.74) is 4.11. The maximum Gasteiger partial charge on any atom is 0.255 e. The standard InChI is InChI=1S/C20H16ClN7S/c1-11-7-12(2)28-16(26-27-20(28)25-11)8-22-18-17-15(9-29-19(17)24-10-23-18)13-3-5-14(21)6-4-13/h3-7,9-10H,8H2,1-2H3,(H,22,23,24). The van der Waals surface area contributed by atoms with Crippen LogP contribution in [0.2, 0.25) is 5.02 Å². The highest BCUT2D eigenvalue weighted by atomic mass is 35.5. The molecule has 0 radical (unpaired) electrons. The molecule has 0 unspecified atom stereocenters. The number of hydrogen-bond donors (Lipinski definition) is 1. The van der Waals surface area contributed by atoms with Gasteiger partial charge in [-0.1, -0.05) is 23.7 Å². The molecule has 9 heteroatoms. The highest BCUT2D eigenvalue weighted by Crippen LogP contribution is 2.36. The van der Waals surface area contributed by atoms with Crippen molar-refractivity contribution in [3.63, 3.8) is 0 Å². The second-order valence-corrected chi connectivity index (χ2v) is 8.00. The Morgan fingerprint density at radius 2 is 1.93 bits per heavy atom. The highest BCUT2D eigenvalue weighted by molar-refractivity contribution is 7.17. The Morgan fingerprint density at radius 3 is 2.76 bits per heavy atom. The van der Waals surface area contributed by atoms with Gasteiger partial charge in [-0.3, -0.25) is 4.40 Å². The van der Waals surface area contributed by atoms with E-state index < -0.39 is 0 Å². The Labute approximate surface area is 175 Å². The van der Waals surface area contributed by atoms with Gasteiger partial charge in [0, 0.05) is 27.4 Å². The van der Waals surface area contributed by atoms with E-state index >= 15 is 0 Å². The predicted octanol–water partition coefficient (Wildman–Crippen LogP) is 4.68. The minimum Gasteiger partial charge on any atom is -0.362 e. The zero-order valence-electron chi connectivity index (χ0n) is 15.7. The van der Waals surface area contributed by atoms with Crippen LogP contribution in [0, 0.1) is 13.8 Å². The monoisotopic (exact) mass is 421 g/mol. The Kier molecular flexibility index (Phi) is 4.37. The first kappa shape index (κ1) is 18.0. The van der Waals surface area contributed by atoms with E-state index in [2.05, 4.69) is 35.8 Å². The second kappa shape index (κ2) is 7.06. The first-order valence-electron chi connectivity index (χ1n) is 9.00. The third kappa shape index (κ3) is 3.20. The lowest BCUT2D eigenvalue weighted by Gasteiger charge is -2.09. The van der Waals surface area contributed by atoms with Crippen molar-refractivity contribution in [3.8, 4) is 11.1 Å². The SMILES string of the molecule is Cc1cc(C)n2c(CNc3ncnc4scc(-c5ccc(Cl)cc5)c34)nnc2n1. The minimum atomic E-state index is 0.467. The van der Waals surface area contributed by atoms with E-state index in [1.165, 1.54) is 0 Å². The largest absolute Gasteiger partial charge is 0.362 e. The van der Waals surface area contributed by atoms with E-state index in [4.69, 9.17) is 11.6 Å². The van der Waals surface area contributed by atoms with Gasteiger partial charge in [-0.2, -0.15) is 0 Å². The molecule has 0 aliphatic rings. The Hall–Kier alpha value is -3.10. The maximum absolute atomic E-state index is 6.04. The van der Waals surface area contributed by atoms with Gasteiger partial charge in [-0.25, -0.2) is 15.0 Å². The van der Waals surface area contributed by atoms with E-state index in [0.717, 1.165) is 44.4 Å². The number of benzene rings is 1. The van der Waals surface area contributed by atoms with Crippen LogP contribution in [0.25, 0.3) is 27.1 Å². The first-order chi connectivity index (χ1) is 14.1. The number of aryl methyl sites for hydroxylation is 2. The second-order valence-electron chi connectivity index (χ2n) is 6.70. The minimum absolute atomic E-state index is 0.467. The van der Waals surface area contributed by atoms with Gasteiger partial charge in [0.05, 0.1) is 11.9 Å². The molecule has 0 bridgehead atoms. The maximum atomic E-state index is 6.04. The summed E-state index contributed by atoms with van der Waals surface area (Å²) in [5, 5.41) is 15.7. The van der Waals surface area contributed by atoms with Gasteiger partial charge in [-0.05, 0) is 37.6 Å². The molecule has 0 aliphatic carbocycles. The van der Waals surface area contributed by atoms with E-state index in [0.29, 0.717) is 17.3 Å². The number of nitrogens with one attached hydrogen (secondary N) is 1. The topological polar surface area (TPSA) is 80.9 Å². The van der Waals surface area contributed by atoms with E-state index in [1.54, 1.807) is 17.7 Å². The van der Waals surface area contributed by atoms with Gasteiger partial charge < -0.3 is 5.32 Å².